The summed E-state index contributed by atoms with van der Waals surface area (Å²) >= 11 is 0. The van der Waals surface area contributed by atoms with Crippen molar-refractivity contribution in [3.8, 4) is 5.75 Å². The van der Waals surface area contributed by atoms with Gasteiger partial charge in [0.25, 0.3) is 5.91 Å². The van der Waals surface area contributed by atoms with Gasteiger partial charge in [0.15, 0.2) is 6.61 Å². The highest BCUT2D eigenvalue weighted by atomic mass is 32.2. The molecule has 7 nitrogen and oxygen atoms in total. The maximum absolute atomic E-state index is 12.4. The second-order valence-corrected chi connectivity index (χ2v) is 7.18. The van der Waals surface area contributed by atoms with Gasteiger partial charge in [-0.25, -0.2) is 13.1 Å². The quantitative estimate of drug-likeness (QED) is 0.773. The molecule has 1 aliphatic heterocycles. The van der Waals surface area contributed by atoms with Crippen LogP contribution in [0.4, 0.5) is 5.69 Å². The summed E-state index contributed by atoms with van der Waals surface area (Å²) in [5, 5.41) is 2.61. The van der Waals surface area contributed by atoms with E-state index in [2.05, 4.69) is 14.9 Å². The number of likely N-dealkylation sites (N-methyl/N-ethyl adjacent to an activating group) is 1. The summed E-state index contributed by atoms with van der Waals surface area (Å²) in [7, 11) is -3.64. The van der Waals surface area contributed by atoms with Crippen LogP contribution in [0.3, 0.4) is 0 Å². The van der Waals surface area contributed by atoms with E-state index in [-0.39, 0.29) is 23.5 Å². The van der Waals surface area contributed by atoms with Gasteiger partial charge in [-0.3, -0.25) is 9.69 Å². The summed E-state index contributed by atoms with van der Waals surface area (Å²) in [5.74, 6) is 0.176. The van der Waals surface area contributed by atoms with Gasteiger partial charge >= 0.3 is 0 Å². The van der Waals surface area contributed by atoms with E-state index in [4.69, 9.17) is 4.74 Å². The number of carbonyl (C=O) groups is 1. The molecule has 0 saturated heterocycles. The normalized spacial score (nSPS) is 15.7. The Morgan fingerprint density at radius 2 is 2.04 bits per heavy atom. The van der Waals surface area contributed by atoms with Gasteiger partial charge < -0.3 is 10.1 Å². The van der Waals surface area contributed by atoms with Crippen LogP contribution in [0.25, 0.3) is 0 Å². The molecule has 1 atom stereocenters. The van der Waals surface area contributed by atoms with Crippen LogP contribution in [-0.2, 0) is 14.8 Å². The third-order valence-electron chi connectivity index (χ3n) is 3.90. The molecule has 0 bridgehead atoms. The molecule has 1 aromatic rings. The number of anilines is 1. The average Bonchev–Trinajstić information content (AvgIpc) is 2.53. The molecule has 0 aliphatic carbocycles. The Kier molecular flexibility index (Phi) is 5.61. The van der Waals surface area contributed by atoms with Gasteiger partial charge in [-0.2, -0.15) is 0 Å². The van der Waals surface area contributed by atoms with E-state index in [1.807, 2.05) is 20.8 Å². The summed E-state index contributed by atoms with van der Waals surface area (Å²) in [4.78, 5) is 13.6. The molecule has 0 aromatic heterocycles. The topological polar surface area (TPSA) is 87.7 Å². The van der Waals surface area contributed by atoms with Gasteiger partial charge in [-0.15, -0.1) is 0 Å². The Bertz CT molecular complexity index is 671. The minimum absolute atomic E-state index is 0.0568. The fourth-order valence-electron chi connectivity index (χ4n) is 2.52. The molecule has 0 saturated carbocycles. The first kappa shape index (κ1) is 17.7. The van der Waals surface area contributed by atoms with E-state index in [1.165, 1.54) is 12.1 Å². The summed E-state index contributed by atoms with van der Waals surface area (Å²) in [6, 6.07) is 4.54. The van der Waals surface area contributed by atoms with Crippen molar-refractivity contribution in [3.63, 3.8) is 0 Å². The molecule has 1 aliphatic rings. The van der Waals surface area contributed by atoms with E-state index in [0.29, 0.717) is 18.0 Å². The lowest BCUT2D eigenvalue weighted by Gasteiger charge is -2.26. The third kappa shape index (κ3) is 4.21. The SMILES string of the molecule is CCN(CC)[C@@H](C)CNS(=O)(=O)c1ccc2c(c1)NC(=O)CO2. The number of benzene rings is 1. The first-order valence-corrected chi connectivity index (χ1v) is 9.16. The van der Waals surface area contributed by atoms with Crippen LogP contribution in [-0.4, -0.2) is 51.5 Å². The summed E-state index contributed by atoms with van der Waals surface area (Å²) in [5.41, 5.74) is 0.376. The van der Waals surface area contributed by atoms with Gasteiger partial charge in [0.2, 0.25) is 10.0 Å². The molecule has 0 spiro atoms. The van der Waals surface area contributed by atoms with Crippen molar-refractivity contribution in [3.05, 3.63) is 18.2 Å². The monoisotopic (exact) mass is 341 g/mol. The average molecular weight is 341 g/mol. The van der Waals surface area contributed by atoms with Crippen LogP contribution in [0, 0.1) is 0 Å². The molecule has 23 heavy (non-hydrogen) atoms. The summed E-state index contributed by atoms with van der Waals surface area (Å²) in [6.07, 6.45) is 0. The number of amides is 1. The predicted molar refractivity (Wildman–Crippen MR) is 88.1 cm³/mol. The number of carbonyl (C=O) groups excluding carboxylic acids is 1. The van der Waals surface area contributed by atoms with Crippen molar-refractivity contribution in [1.82, 2.24) is 9.62 Å². The molecule has 2 N–H and O–H groups in total. The van der Waals surface area contributed by atoms with Gasteiger partial charge in [-0.1, -0.05) is 13.8 Å². The number of fused-ring (bicyclic) bond motifs is 1. The fraction of sp³-hybridized carbons (Fsp3) is 0.533. The highest BCUT2D eigenvalue weighted by Gasteiger charge is 2.22. The second kappa shape index (κ2) is 7.29. The molecular weight excluding hydrogens is 318 g/mol. The molecule has 1 aromatic carbocycles. The molecule has 0 radical (unpaired) electrons. The third-order valence-corrected chi connectivity index (χ3v) is 5.32. The largest absolute Gasteiger partial charge is 0.482 e. The maximum Gasteiger partial charge on any atom is 0.262 e. The van der Waals surface area contributed by atoms with Gasteiger partial charge in [0, 0.05) is 12.6 Å². The lowest BCUT2D eigenvalue weighted by Crippen LogP contribution is -2.42. The summed E-state index contributed by atoms with van der Waals surface area (Å²) in [6.45, 7) is 8.06. The van der Waals surface area contributed by atoms with Gasteiger partial charge in [0.1, 0.15) is 5.75 Å². The van der Waals surface area contributed by atoms with Crippen LogP contribution in [0.1, 0.15) is 20.8 Å². The highest BCUT2D eigenvalue weighted by molar-refractivity contribution is 7.89. The highest BCUT2D eigenvalue weighted by Crippen LogP contribution is 2.29. The van der Waals surface area contributed by atoms with Crippen LogP contribution in [0.15, 0.2) is 23.1 Å². The Labute approximate surface area is 137 Å². The minimum atomic E-state index is -3.64. The van der Waals surface area contributed by atoms with Crippen LogP contribution in [0.2, 0.25) is 0 Å². The first-order valence-electron chi connectivity index (χ1n) is 7.67. The number of nitrogens with zero attached hydrogens (tertiary/aromatic N) is 1. The Hall–Kier alpha value is -1.64. The predicted octanol–water partition coefficient (Wildman–Crippen LogP) is 1.03. The van der Waals surface area contributed by atoms with E-state index >= 15 is 0 Å². The Morgan fingerprint density at radius 1 is 1.35 bits per heavy atom. The van der Waals surface area contributed by atoms with Crippen LogP contribution < -0.4 is 14.8 Å². The van der Waals surface area contributed by atoms with Gasteiger partial charge in [0.05, 0.1) is 10.6 Å². The van der Waals surface area contributed by atoms with E-state index in [1.54, 1.807) is 6.07 Å². The molecule has 2 rings (SSSR count). The smallest absolute Gasteiger partial charge is 0.262 e. The number of hydrogen-bond acceptors (Lipinski definition) is 5. The van der Waals surface area contributed by atoms with Crippen molar-refractivity contribution in [2.45, 2.75) is 31.7 Å². The number of nitrogens with one attached hydrogen (secondary N) is 2. The zero-order valence-corrected chi connectivity index (χ0v) is 14.4. The number of rotatable bonds is 7. The maximum atomic E-state index is 12.4. The van der Waals surface area contributed by atoms with E-state index < -0.39 is 10.0 Å². The second-order valence-electron chi connectivity index (χ2n) is 5.42. The molecule has 1 amide bonds. The lowest BCUT2D eigenvalue weighted by molar-refractivity contribution is -0.118. The lowest BCUT2D eigenvalue weighted by atomic mass is 10.2. The molecule has 8 heteroatoms. The van der Waals surface area contributed by atoms with Crippen molar-refractivity contribution in [2.75, 3.05) is 31.6 Å². The molecule has 0 fully saturated rings. The van der Waals surface area contributed by atoms with Crippen LogP contribution in [0.5, 0.6) is 5.75 Å². The molecule has 1 heterocycles. The first-order chi connectivity index (χ1) is 10.9. The molecule has 0 unspecified atom stereocenters. The number of hydrogen-bond donors (Lipinski definition) is 2. The molecule has 128 valence electrons. The van der Waals surface area contributed by atoms with Crippen LogP contribution >= 0.6 is 0 Å². The van der Waals surface area contributed by atoms with Crippen molar-refractivity contribution in [2.24, 2.45) is 0 Å². The van der Waals surface area contributed by atoms with E-state index in [0.717, 1.165) is 13.1 Å². The zero-order chi connectivity index (χ0) is 17.0. The fourth-order valence-corrected chi connectivity index (χ4v) is 3.67. The molecular formula is C15H23N3O4S. The minimum Gasteiger partial charge on any atom is -0.482 e. The van der Waals surface area contributed by atoms with Crippen molar-refractivity contribution in [1.29, 1.82) is 0 Å². The van der Waals surface area contributed by atoms with Crippen molar-refractivity contribution < 1.29 is 17.9 Å². The Morgan fingerprint density at radius 3 is 2.70 bits per heavy atom. The standard InChI is InChI=1S/C15H23N3O4S/c1-4-18(5-2)11(3)9-16-23(20,21)12-6-7-14-13(8-12)17-15(19)10-22-14/h6-8,11,16H,4-5,9-10H2,1-3H3,(H,17,19)/t11-/m0/s1. The van der Waals surface area contributed by atoms with E-state index in [9.17, 15) is 13.2 Å². The number of sulfonamides is 1. The zero-order valence-electron chi connectivity index (χ0n) is 13.6. The van der Waals surface area contributed by atoms with Gasteiger partial charge in [-0.05, 0) is 38.2 Å². The number of ether oxygens (including phenoxy) is 1. The summed E-state index contributed by atoms with van der Waals surface area (Å²) < 4.78 is 32.7. The Balaban J connectivity index is 2.11. The van der Waals surface area contributed by atoms with Crippen molar-refractivity contribution >= 4 is 21.6 Å².